The van der Waals surface area contributed by atoms with Crippen LogP contribution in [0, 0.1) is 10.1 Å². The summed E-state index contributed by atoms with van der Waals surface area (Å²) >= 11 is 0. The predicted molar refractivity (Wildman–Crippen MR) is 199 cm³/mol. The lowest BCUT2D eigenvalue weighted by Crippen LogP contribution is -1.98. The summed E-state index contributed by atoms with van der Waals surface area (Å²) in [5.74, 6) is 0. The minimum atomic E-state index is -0.423. The number of fused-ring (bicyclic) bond motifs is 2. The SMILES string of the molecule is C.Nc1cccc2nc(-c3ccccc3)c(-c3ccccc3)nc12.O=[N+]([O-])c1cccc2nc(-c3ccccc3)c(-c3ccccc3)nc12. The zero-order valence-electron chi connectivity index (χ0n) is 25.6. The number of nitrogens with two attached hydrogens (primary N) is 1. The van der Waals surface area contributed by atoms with Crippen molar-refractivity contribution < 1.29 is 4.92 Å². The maximum atomic E-state index is 11.4. The topological polar surface area (TPSA) is 121 Å². The van der Waals surface area contributed by atoms with E-state index in [1.165, 1.54) is 6.07 Å². The van der Waals surface area contributed by atoms with Gasteiger partial charge in [0.1, 0.15) is 5.52 Å². The molecule has 49 heavy (non-hydrogen) atoms. The van der Waals surface area contributed by atoms with Gasteiger partial charge in [-0.3, -0.25) is 10.1 Å². The van der Waals surface area contributed by atoms with Crippen molar-refractivity contribution in [1.29, 1.82) is 0 Å². The molecule has 0 unspecified atom stereocenters. The third-order valence-corrected chi connectivity index (χ3v) is 7.79. The normalized spacial score (nSPS) is 10.5. The van der Waals surface area contributed by atoms with Crippen molar-refractivity contribution in [1.82, 2.24) is 19.9 Å². The third-order valence-electron chi connectivity index (χ3n) is 7.79. The molecule has 2 N–H and O–H groups in total. The van der Waals surface area contributed by atoms with Crippen LogP contribution in [0.3, 0.4) is 0 Å². The molecular formula is C41H32N6O2. The van der Waals surface area contributed by atoms with Gasteiger partial charge in [0, 0.05) is 28.3 Å². The summed E-state index contributed by atoms with van der Waals surface area (Å²) < 4.78 is 0. The number of anilines is 1. The van der Waals surface area contributed by atoms with Crippen molar-refractivity contribution in [3.8, 4) is 45.0 Å². The summed E-state index contributed by atoms with van der Waals surface area (Å²) in [5, 5.41) is 11.4. The van der Waals surface area contributed by atoms with Crippen LogP contribution >= 0.6 is 0 Å². The van der Waals surface area contributed by atoms with E-state index in [0.717, 1.165) is 44.7 Å². The number of nitro groups is 1. The minimum absolute atomic E-state index is 0. The summed E-state index contributed by atoms with van der Waals surface area (Å²) in [6.07, 6.45) is 0. The van der Waals surface area contributed by atoms with Crippen LogP contribution in [0.4, 0.5) is 11.4 Å². The van der Waals surface area contributed by atoms with Gasteiger partial charge >= 0.3 is 0 Å². The third kappa shape index (κ3) is 6.70. The van der Waals surface area contributed by atoms with Crippen LogP contribution in [0.25, 0.3) is 67.1 Å². The zero-order chi connectivity index (χ0) is 32.9. The van der Waals surface area contributed by atoms with Gasteiger partial charge in [-0.25, -0.2) is 19.9 Å². The van der Waals surface area contributed by atoms with Gasteiger partial charge in [0.25, 0.3) is 5.69 Å². The minimum Gasteiger partial charge on any atom is -0.397 e. The van der Waals surface area contributed by atoms with Gasteiger partial charge in [0.05, 0.1) is 44.4 Å². The molecule has 0 aliphatic rings. The fraction of sp³-hybridized carbons (Fsp3) is 0.0244. The Kier molecular flexibility index (Phi) is 9.39. The molecule has 6 aromatic carbocycles. The fourth-order valence-corrected chi connectivity index (χ4v) is 5.50. The molecule has 238 valence electrons. The zero-order valence-corrected chi connectivity index (χ0v) is 25.6. The Balaban J connectivity index is 0.000000167. The maximum absolute atomic E-state index is 11.4. The van der Waals surface area contributed by atoms with E-state index in [0.29, 0.717) is 28.1 Å². The molecule has 2 heterocycles. The molecular weight excluding hydrogens is 608 g/mol. The summed E-state index contributed by atoms with van der Waals surface area (Å²) in [7, 11) is 0. The summed E-state index contributed by atoms with van der Waals surface area (Å²) in [6, 6.07) is 50.1. The highest BCUT2D eigenvalue weighted by Crippen LogP contribution is 2.34. The molecule has 0 aliphatic carbocycles. The Hall–Kier alpha value is -6.80. The Morgan fingerprint density at radius 1 is 0.429 bits per heavy atom. The first-order valence-electron chi connectivity index (χ1n) is 15.3. The Morgan fingerprint density at radius 2 is 0.776 bits per heavy atom. The van der Waals surface area contributed by atoms with Crippen LogP contribution in [0.15, 0.2) is 158 Å². The first kappa shape index (κ1) is 32.2. The molecule has 0 spiro atoms. The number of hydrogen-bond donors (Lipinski definition) is 1. The molecule has 8 aromatic rings. The molecule has 0 radical (unpaired) electrons. The van der Waals surface area contributed by atoms with Crippen molar-refractivity contribution in [2.45, 2.75) is 7.43 Å². The Morgan fingerprint density at radius 3 is 1.18 bits per heavy atom. The van der Waals surface area contributed by atoms with E-state index in [-0.39, 0.29) is 13.1 Å². The van der Waals surface area contributed by atoms with Crippen LogP contribution in [-0.2, 0) is 0 Å². The summed E-state index contributed by atoms with van der Waals surface area (Å²) in [5.41, 5.74) is 16.0. The van der Waals surface area contributed by atoms with E-state index in [1.54, 1.807) is 12.1 Å². The number of nitro benzene ring substituents is 1. The second-order valence-corrected chi connectivity index (χ2v) is 10.9. The second-order valence-electron chi connectivity index (χ2n) is 10.9. The van der Waals surface area contributed by atoms with Crippen LogP contribution < -0.4 is 5.73 Å². The smallest absolute Gasteiger partial charge is 0.297 e. The van der Waals surface area contributed by atoms with Gasteiger partial charge < -0.3 is 5.73 Å². The van der Waals surface area contributed by atoms with Crippen molar-refractivity contribution in [2.24, 2.45) is 0 Å². The number of nitrogen functional groups attached to an aromatic ring is 1. The lowest BCUT2D eigenvalue weighted by molar-refractivity contribution is -0.383. The van der Waals surface area contributed by atoms with Gasteiger partial charge in [0.2, 0.25) is 0 Å². The Bertz CT molecular complexity index is 2370. The van der Waals surface area contributed by atoms with Crippen LogP contribution in [0.5, 0.6) is 0 Å². The van der Waals surface area contributed by atoms with Crippen molar-refractivity contribution in [3.05, 3.63) is 168 Å². The molecule has 0 amide bonds. The molecule has 0 saturated carbocycles. The summed E-state index contributed by atoms with van der Waals surface area (Å²) in [4.78, 5) is 29.9. The number of non-ortho nitro benzene ring substituents is 1. The quantitative estimate of drug-likeness (QED) is 0.113. The first-order valence-corrected chi connectivity index (χ1v) is 15.3. The number of rotatable bonds is 5. The fourth-order valence-electron chi connectivity index (χ4n) is 5.50. The number of hydrogen-bond acceptors (Lipinski definition) is 7. The van der Waals surface area contributed by atoms with Crippen molar-refractivity contribution in [3.63, 3.8) is 0 Å². The van der Waals surface area contributed by atoms with Crippen LogP contribution in [0.2, 0.25) is 0 Å². The van der Waals surface area contributed by atoms with Crippen LogP contribution in [-0.4, -0.2) is 24.9 Å². The average Bonchev–Trinajstić information content (AvgIpc) is 3.15. The van der Waals surface area contributed by atoms with E-state index in [9.17, 15) is 10.1 Å². The van der Waals surface area contributed by atoms with E-state index in [1.807, 2.05) is 127 Å². The van der Waals surface area contributed by atoms with E-state index in [2.05, 4.69) is 17.1 Å². The number of para-hydroxylation sites is 2. The monoisotopic (exact) mass is 640 g/mol. The molecule has 0 saturated heterocycles. The highest BCUT2D eigenvalue weighted by atomic mass is 16.6. The Labute approximate surface area is 283 Å². The molecule has 0 aliphatic heterocycles. The molecule has 2 aromatic heterocycles. The predicted octanol–water partition coefficient (Wildman–Crippen LogP) is 10.1. The molecule has 0 bridgehead atoms. The number of aromatic nitrogens is 4. The highest BCUT2D eigenvalue weighted by Gasteiger charge is 2.19. The second kappa shape index (κ2) is 14.3. The van der Waals surface area contributed by atoms with Gasteiger partial charge in [-0.15, -0.1) is 0 Å². The maximum Gasteiger partial charge on any atom is 0.297 e. The van der Waals surface area contributed by atoms with E-state index in [4.69, 9.17) is 20.7 Å². The molecule has 0 fully saturated rings. The van der Waals surface area contributed by atoms with E-state index < -0.39 is 4.92 Å². The number of nitrogens with zero attached hydrogens (tertiary/aromatic N) is 5. The van der Waals surface area contributed by atoms with E-state index >= 15 is 0 Å². The van der Waals surface area contributed by atoms with Gasteiger partial charge in [-0.2, -0.15) is 0 Å². The first-order chi connectivity index (χ1) is 23.6. The summed E-state index contributed by atoms with van der Waals surface area (Å²) in [6.45, 7) is 0. The highest BCUT2D eigenvalue weighted by molar-refractivity contribution is 5.92. The largest absolute Gasteiger partial charge is 0.397 e. The lowest BCUT2D eigenvalue weighted by atomic mass is 10.0. The van der Waals surface area contributed by atoms with Gasteiger partial charge in [-0.1, -0.05) is 141 Å². The molecule has 8 nitrogen and oxygen atoms in total. The molecule has 0 atom stereocenters. The average molecular weight is 641 g/mol. The lowest BCUT2D eigenvalue weighted by Gasteiger charge is -2.11. The molecule has 8 rings (SSSR count). The van der Waals surface area contributed by atoms with Crippen molar-refractivity contribution >= 4 is 33.4 Å². The molecule has 8 heteroatoms. The van der Waals surface area contributed by atoms with Crippen molar-refractivity contribution in [2.75, 3.05) is 5.73 Å². The van der Waals surface area contributed by atoms with Crippen LogP contribution in [0.1, 0.15) is 7.43 Å². The van der Waals surface area contributed by atoms with Gasteiger partial charge in [0.15, 0.2) is 5.52 Å². The number of benzene rings is 6. The standard InChI is InChI=1S/C20H13N3O2.C20H15N3.CH4/c24-23(25)17-13-7-12-16-20(17)22-19(15-10-5-2-6-11-15)18(21-16)14-8-3-1-4-9-14;21-16-12-7-13-17-20(16)23-19(15-10-5-2-6-11-15)18(22-17)14-8-3-1-4-9-14;/h1-13H;1-13H,21H2;1H4. The van der Waals surface area contributed by atoms with Gasteiger partial charge in [-0.05, 0) is 18.2 Å².